The van der Waals surface area contributed by atoms with Crippen molar-refractivity contribution < 1.29 is 9.47 Å². The fraction of sp³-hybridized carbons (Fsp3) is 0.417. The lowest BCUT2D eigenvalue weighted by Gasteiger charge is -2.28. The smallest absolute Gasteiger partial charge is 0.123 e. The van der Waals surface area contributed by atoms with Crippen LogP contribution in [0.1, 0.15) is 43.2 Å². The summed E-state index contributed by atoms with van der Waals surface area (Å²) in [6.07, 6.45) is 10.7. The minimum Gasteiger partial charge on any atom is -0.490 e. The van der Waals surface area contributed by atoms with E-state index in [0.717, 1.165) is 36.1 Å². The first-order chi connectivity index (χ1) is 13.2. The lowest BCUT2D eigenvalue weighted by atomic mass is 9.87. The second-order valence-corrected chi connectivity index (χ2v) is 8.13. The van der Waals surface area contributed by atoms with Crippen molar-refractivity contribution in [2.45, 2.75) is 51.7 Å². The molecule has 1 aliphatic rings. The van der Waals surface area contributed by atoms with Crippen LogP contribution < -0.4 is 4.74 Å². The van der Waals surface area contributed by atoms with Gasteiger partial charge in [-0.1, -0.05) is 64.5 Å². The third-order valence-electron chi connectivity index (χ3n) is 5.18. The first-order valence-corrected chi connectivity index (χ1v) is 10.7. The second-order valence-electron chi connectivity index (χ2n) is 7.27. The molecule has 0 atom stereocenters. The number of halogens is 1. The Balaban J connectivity index is 1.32. The minimum absolute atomic E-state index is 0.344. The lowest BCUT2D eigenvalue weighted by molar-refractivity contribution is 0.125. The van der Waals surface area contributed by atoms with Gasteiger partial charge in [0.05, 0.1) is 19.3 Å². The van der Waals surface area contributed by atoms with Gasteiger partial charge in [0.2, 0.25) is 0 Å². The van der Waals surface area contributed by atoms with Gasteiger partial charge in [0.15, 0.2) is 0 Å². The van der Waals surface area contributed by atoms with Crippen molar-refractivity contribution in [1.29, 1.82) is 0 Å². The SMILES string of the molecule is Cc1c(Br)cccc1OC1CCC(/C=C/CCOCc2ccccc2)CC1. The Labute approximate surface area is 171 Å². The molecule has 2 aromatic rings. The van der Waals surface area contributed by atoms with Crippen LogP contribution in [0.15, 0.2) is 65.2 Å². The van der Waals surface area contributed by atoms with Crippen LogP contribution in [-0.2, 0) is 11.3 Å². The maximum absolute atomic E-state index is 6.24. The standard InChI is InChI=1S/C24H29BrO2/c1-19-23(25)11-7-12-24(19)27-22-15-13-20(14-16-22)8-5-6-17-26-18-21-9-3-2-4-10-21/h2-5,7-12,20,22H,6,13-18H2,1H3/b8-5+. The number of allylic oxidation sites excluding steroid dienone is 1. The molecule has 0 spiro atoms. The number of ether oxygens (including phenoxy) is 2. The summed E-state index contributed by atoms with van der Waals surface area (Å²) < 4.78 is 13.1. The third kappa shape index (κ3) is 6.51. The lowest BCUT2D eigenvalue weighted by Crippen LogP contribution is -2.23. The zero-order chi connectivity index (χ0) is 18.9. The predicted molar refractivity (Wildman–Crippen MR) is 115 cm³/mol. The zero-order valence-corrected chi connectivity index (χ0v) is 17.7. The van der Waals surface area contributed by atoms with Crippen molar-refractivity contribution in [3.8, 4) is 5.75 Å². The summed E-state index contributed by atoms with van der Waals surface area (Å²) in [5, 5.41) is 0. The summed E-state index contributed by atoms with van der Waals surface area (Å²) in [5.74, 6) is 1.70. The van der Waals surface area contributed by atoms with Crippen molar-refractivity contribution in [2.75, 3.05) is 6.61 Å². The molecule has 3 heteroatoms. The summed E-state index contributed by atoms with van der Waals surface area (Å²) >= 11 is 3.58. The van der Waals surface area contributed by atoms with Gasteiger partial charge in [-0.15, -0.1) is 0 Å². The number of hydrogen-bond donors (Lipinski definition) is 0. The van der Waals surface area contributed by atoms with Crippen molar-refractivity contribution in [1.82, 2.24) is 0 Å². The van der Waals surface area contributed by atoms with Crippen LogP contribution in [0.2, 0.25) is 0 Å². The van der Waals surface area contributed by atoms with Gasteiger partial charge in [-0.3, -0.25) is 0 Å². The maximum Gasteiger partial charge on any atom is 0.123 e. The quantitative estimate of drug-likeness (QED) is 0.337. The molecule has 0 bridgehead atoms. The molecule has 1 aliphatic carbocycles. The maximum atomic E-state index is 6.24. The molecule has 0 heterocycles. The van der Waals surface area contributed by atoms with Crippen LogP contribution in [0, 0.1) is 12.8 Å². The molecule has 2 nitrogen and oxygen atoms in total. The average molecular weight is 429 g/mol. The first-order valence-electron chi connectivity index (χ1n) is 9.92. The van der Waals surface area contributed by atoms with Gasteiger partial charge in [0, 0.05) is 10.0 Å². The van der Waals surface area contributed by atoms with E-state index >= 15 is 0 Å². The zero-order valence-electron chi connectivity index (χ0n) is 16.1. The largest absolute Gasteiger partial charge is 0.490 e. The molecular formula is C24H29BrO2. The number of hydrogen-bond acceptors (Lipinski definition) is 2. The van der Waals surface area contributed by atoms with Crippen LogP contribution in [0.25, 0.3) is 0 Å². The van der Waals surface area contributed by atoms with E-state index in [2.05, 4.69) is 71.4 Å². The van der Waals surface area contributed by atoms with Crippen molar-refractivity contribution >= 4 is 15.9 Å². The van der Waals surface area contributed by atoms with Crippen LogP contribution in [0.5, 0.6) is 5.75 Å². The van der Waals surface area contributed by atoms with Gasteiger partial charge in [-0.2, -0.15) is 0 Å². The highest BCUT2D eigenvalue weighted by Gasteiger charge is 2.21. The molecule has 1 saturated carbocycles. The molecule has 2 aromatic carbocycles. The Bertz CT molecular complexity index is 718. The third-order valence-corrected chi connectivity index (χ3v) is 6.04. The van der Waals surface area contributed by atoms with E-state index in [-0.39, 0.29) is 0 Å². The molecule has 0 N–H and O–H groups in total. The predicted octanol–water partition coefficient (Wildman–Crippen LogP) is 6.86. The monoisotopic (exact) mass is 428 g/mol. The summed E-state index contributed by atoms with van der Waals surface area (Å²) in [7, 11) is 0. The normalized spacial score (nSPS) is 20.1. The molecule has 27 heavy (non-hydrogen) atoms. The first kappa shape index (κ1) is 20.2. The molecule has 0 radical (unpaired) electrons. The van der Waals surface area contributed by atoms with Crippen molar-refractivity contribution in [2.24, 2.45) is 5.92 Å². The fourth-order valence-electron chi connectivity index (χ4n) is 3.50. The van der Waals surface area contributed by atoms with Gasteiger partial charge in [-0.25, -0.2) is 0 Å². The van der Waals surface area contributed by atoms with E-state index in [1.807, 2.05) is 12.1 Å². The Kier molecular flexibility index (Phi) is 7.97. The molecule has 0 aliphatic heterocycles. The summed E-state index contributed by atoms with van der Waals surface area (Å²) in [4.78, 5) is 0. The topological polar surface area (TPSA) is 18.5 Å². The Morgan fingerprint density at radius 1 is 1.00 bits per heavy atom. The summed E-state index contributed by atoms with van der Waals surface area (Å²) in [5.41, 5.74) is 2.43. The Hall–Kier alpha value is -1.58. The highest BCUT2D eigenvalue weighted by Crippen LogP contribution is 2.31. The van der Waals surface area contributed by atoms with E-state index in [1.54, 1.807) is 0 Å². The molecule has 3 rings (SSSR count). The van der Waals surface area contributed by atoms with Gasteiger partial charge in [0.1, 0.15) is 5.75 Å². The van der Waals surface area contributed by atoms with Gasteiger partial charge >= 0.3 is 0 Å². The number of benzene rings is 2. The van der Waals surface area contributed by atoms with E-state index in [0.29, 0.717) is 18.6 Å². The average Bonchev–Trinajstić information content (AvgIpc) is 2.70. The van der Waals surface area contributed by atoms with Crippen molar-refractivity contribution in [3.05, 3.63) is 76.3 Å². The highest BCUT2D eigenvalue weighted by atomic mass is 79.9. The molecule has 0 saturated heterocycles. The van der Waals surface area contributed by atoms with E-state index < -0.39 is 0 Å². The van der Waals surface area contributed by atoms with Gasteiger partial charge in [0.25, 0.3) is 0 Å². The van der Waals surface area contributed by atoms with Gasteiger partial charge in [-0.05, 0) is 62.6 Å². The van der Waals surface area contributed by atoms with Crippen molar-refractivity contribution in [3.63, 3.8) is 0 Å². The minimum atomic E-state index is 0.344. The molecule has 144 valence electrons. The number of rotatable bonds is 8. The summed E-state index contributed by atoms with van der Waals surface area (Å²) in [6.45, 7) is 3.59. The van der Waals surface area contributed by atoms with Crippen LogP contribution in [0.3, 0.4) is 0 Å². The molecular weight excluding hydrogens is 400 g/mol. The molecule has 0 amide bonds. The van der Waals surface area contributed by atoms with Crippen LogP contribution in [0.4, 0.5) is 0 Å². The van der Waals surface area contributed by atoms with Crippen LogP contribution >= 0.6 is 15.9 Å². The second kappa shape index (κ2) is 10.7. The Morgan fingerprint density at radius 2 is 1.78 bits per heavy atom. The highest BCUT2D eigenvalue weighted by molar-refractivity contribution is 9.10. The molecule has 0 unspecified atom stereocenters. The van der Waals surface area contributed by atoms with Gasteiger partial charge < -0.3 is 9.47 Å². The van der Waals surface area contributed by atoms with E-state index in [1.165, 1.54) is 24.0 Å². The molecule has 0 aromatic heterocycles. The van der Waals surface area contributed by atoms with E-state index in [9.17, 15) is 0 Å². The molecule has 1 fully saturated rings. The Morgan fingerprint density at radius 3 is 2.56 bits per heavy atom. The fourth-order valence-corrected chi connectivity index (χ4v) is 3.85. The summed E-state index contributed by atoms with van der Waals surface area (Å²) in [6, 6.07) is 16.5. The van der Waals surface area contributed by atoms with E-state index in [4.69, 9.17) is 9.47 Å². The van der Waals surface area contributed by atoms with Crippen LogP contribution in [-0.4, -0.2) is 12.7 Å².